The third-order valence-corrected chi connectivity index (χ3v) is 6.53. The summed E-state index contributed by atoms with van der Waals surface area (Å²) < 4.78 is 70.9. The molecule has 30 heavy (non-hydrogen) atoms. The van der Waals surface area contributed by atoms with Crippen LogP contribution in [0, 0.1) is 5.92 Å². The normalized spacial score (nSPS) is 18.8. The molecule has 170 valence electrons. The highest BCUT2D eigenvalue weighted by Crippen LogP contribution is 2.30. The minimum Gasteiger partial charge on any atom is -0.444 e. The number of rotatable bonds is 5. The van der Waals surface area contributed by atoms with Crippen LogP contribution in [-0.2, 0) is 26.7 Å². The molecule has 1 aromatic rings. The number of alkyl halides is 3. The molecule has 1 aliphatic rings. The van der Waals surface area contributed by atoms with Crippen LogP contribution in [0.3, 0.4) is 0 Å². The van der Waals surface area contributed by atoms with E-state index in [0.717, 1.165) is 18.6 Å². The molecule has 1 unspecified atom stereocenters. The molecule has 10 heteroatoms. The molecule has 1 amide bonds. The molecule has 6 nitrogen and oxygen atoms in total. The van der Waals surface area contributed by atoms with Crippen molar-refractivity contribution in [2.75, 3.05) is 26.7 Å². The highest BCUT2D eigenvalue weighted by Gasteiger charge is 2.33. The van der Waals surface area contributed by atoms with Gasteiger partial charge in [-0.2, -0.15) is 13.2 Å². The summed E-state index contributed by atoms with van der Waals surface area (Å²) in [6, 6.07) is 4.38. The molecule has 0 N–H and O–H groups in total. The van der Waals surface area contributed by atoms with Crippen molar-refractivity contribution in [2.24, 2.45) is 5.92 Å². The number of carbonyl (C=O) groups excluding carboxylic acids is 1. The van der Waals surface area contributed by atoms with Crippen LogP contribution >= 0.6 is 0 Å². The number of hydrogen-bond acceptors (Lipinski definition) is 4. The van der Waals surface area contributed by atoms with Crippen molar-refractivity contribution in [1.82, 2.24) is 9.21 Å². The molecule has 1 aliphatic heterocycles. The van der Waals surface area contributed by atoms with Crippen molar-refractivity contribution in [2.45, 2.75) is 51.1 Å². The Morgan fingerprint density at radius 3 is 2.53 bits per heavy atom. The van der Waals surface area contributed by atoms with E-state index in [1.54, 1.807) is 27.8 Å². The average Bonchev–Trinajstić information content (AvgIpc) is 2.59. The van der Waals surface area contributed by atoms with Crippen molar-refractivity contribution in [3.05, 3.63) is 35.4 Å². The second kappa shape index (κ2) is 9.13. The van der Waals surface area contributed by atoms with Gasteiger partial charge in [-0.1, -0.05) is 18.2 Å². The monoisotopic (exact) mass is 450 g/mol. The lowest BCUT2D eigenvalue weighted by Crippen LogP contribution is -2.45. The van der Waals surface area contributed by atoms with Gasteiger partial charge in [-0.25, -0.2) is 17.5 Å². The molecular formula is C20H29F3N2O4S. The van der Waals surface area contributed by atoms with Gasteiger partial charge in [0, 0.05) is 26.7 Å². The summed E-state index contributed by atoms with van der Waals surface area (Å²) >= 11 is 0. The van der Waals surface area contributed by atoms with Gasteiger partial charge in [0.1, 0.15) is 5.60 Å². The summed E-state index contributed by atoms with van der Waals surface area (Å²) in [7, 11) is -2.18. The maximum atomic E-state index is 12.9. The van der Waals surface area contributed by atoms with Crippen LogP contribution in [0.2, 0.25) is 0 Å². The van der Waals surface area contributed by atoms with Gasteiger partial charge in [-0.15, -0.1) is 0 Å². The van der Waals surface area contributed by atoms with Crippen LogP contribution in [0.1, 0.15) is 44.7 Å². The summed E-state index contributed by atoms with van der Waals surface area (Å²) in [5.74, 6) is -0.571. The topological polar surface area (TPSA) is 66.9 Å². The largest absolute Gasteiger partial charge is 0.444 e. The molecular weight excluding hydrogens is 421 g/mol. The van der Waals surface area contributed by atoms with E-state index in [9.17, 15) is 26.4 Å². The smallest absolute Gasteiger partial charge is 0.416 e. The quantitative estimate of drug-likeness (QED) is 0.677. The number of amides is 1. The molecule has 1 heterocycles. The van der Waals surface area contributed by atoms with Crippen molar-refractivity contribution in [1.29, 1.82) is 0 Å². The Kier molecular flexibility index (Phi) is 7.45. The van der Waals surface area contributed by atoms with E-state index in [2.05, 4.69) is 0 Å². The van der Waals surface area contributed by atoms with E-state index in [0.29, 0.717) is 19.5 Å². The minimum absolute atomic E-state index is 0.0763. The van der Waals surface area contributed by atoms with Crippen molar-refractivity contribution >= 4 is 16.1 Å². The number of carbonyl (C=O) groups is 1. The lowest BCUT2D eigenvalue weighted by atomic mass is 9.99. The number of benzene rings is 1. The van der Waals surface area contributed by atoms with Gasteiger partial charge in [0.25, 0.3) is 0 Å². The van der Waals surface area contributed by atoms with E-state index in [-0.39, 0.29) is 18.0 Å². The van der Waals surface area contributed by atoms with Gasteiger partial charge >= 0.3 is 12.3 Å². The molecule has 0 aliphatic carbocycles. The van der Waals surface area contributed by atoms with E-state index < -0.39 is 39.2 Å². The zero-order valence-corrected chi connectivity index (χ0v) is 18.5. The van der Waals surface area contributed by atoms with E-state index in [1.165, 1.54) is 21.3 Å². The first-order valence-corrected chi connectivity index (χ1v) is 11.4. The second-order valence-corrected chi connectivity index (χ2v) is 10.7. The van der Waals surface area contributed by atoms with Crippen LogP contribution in [0.15, 0.2) is 24.3 Å². The molecule has 1 aromatic carbocycles. The fourth-order valence-electron chi connectivity index (χ4n) is 3.37. The van der Waals surface area contributed by atoms with Crippen LogP contribution in [0.4, 0.5) is 18.0 Å². The molecule has 0 spiro atoms. The number of halogens is 3. The minimum atomic E-state index is -4.53. The van der Waals surface area contributed by atoms with Gasteiger partial charge in [-0.3, -0.25) is 0 Å². The zero-order valence-electron chi connectivity index (χ0n) is 17.7. The molecule has 0 radical (unpaired) electrons. The number of piperidine rings is 1. The summed E-state index contributed by atoms with van der Waals surface area (Å²) in [5.41, 5.74) is -1.40. The molecule has 2 rings (SSSR count). The maximum absolute atomic E-state index is 12.9. The summed E-state index contributed by atoms with van der Waals surface area (Å²) in [6.45, 7) is 6.16. The third-order valence-electron chi connectivity index (χ3n) is 4.72. The van der Waals surface area contributed by atoms with Gasteiger partial charge in [-0.05, 0) is 51.2 Å². The Morgan fingerprint density at radius 1 is 1.27 bits per heavy atom. The Morgan fingerprint density at radius 2 is 1.93 bits per heavy atom. The lowest BCUT2D eigenvalue weighted by molar-refractivity contribution is -0.137. The number of ether oxygens (including phenoxy) is 1. The van der Waals surface area contributed by atoms with E-state index in [4.69, 9.17) is 4.74 Å². The first-order valence-electron chi connectivity index (χ1n) is 9.75. The number of sulfonamides is 1. The van der Waals surface area contributed by atoms with Crippen LogP contribution < -0.4 is 0 Å². The standard InChI is InChI=1S/C20H29F3N2O4S/c1-19(2,3)29-18(26)24(4)12-16-8-6-10-25(13-16)30(27,28)14-15-7-5-9-17(11-15)20(21,22)23/h5,7,9,11,16H,6,8,10,12-14H2,1-4H3. The van der Waals surface area contributed by atoms with Gasteiger partial charge in [0.05, 0.1) is 11.3 Å². The molecule has 1 saturated heterocycles. The van der Waals surface area contributed by atoms with Crippen LogP contribution in [0.25, 0.3) is 0 Å². The maximum Gasteiger partial charge on any atom is 0.416 e. The fraction of sp³-hybridized carbons (Fsp3) is 0.650. The predicted molar refractivity (Wildman–Crippen MR) is 107 cm³/mol. The van der Waals surface area contributed by atoms with E-state index in [1.807, 2.05) is 0 Å². The summed E-state index contributed by atoms with van der Waals surface area (Å²) in [5, 5.41) is 0. The average molecular weight is 451 g/mol. The zero-order chi connectivity index (χ0) is 22.7. The lowest BCUT2D eigenvalue weighted by Gasteiger charge is -2.34. The second-order valence-electron chi connectivity index (χ2n) is 8.68. The molecule has 0 bridgehead atoms. The Hall–Kier alpha value is -1.81. The molecule has 0 aromatic heterocycles. The number of nitrogens with zero attached hydrogens (tertiary/aromatic N) is 2. The van der Waals surface area contributed by atoms with Gasteiger partial charge in [0.2, 0.25) is 10.0 Å². The fourth-order valence-corrected chi connectivity index (χ4v) is 5.00. The third kappa shape index (κ3) is 7.16. The molecule has 0 saturated carbocycles. The van der Waals surface area contributed by atoms with Crippen molar-refractivity contribution in [3.63, 3.8) is 0 Å². The van der Waals surface area contributed by atoms with E-state index >= 15 is 0 Å². The first-order chi connectivity index (χ1) is 13.7. The van der Waals surface area contributed by atoms with Crippen molar-refractivity contribution in [3.8, 4) is 0 Å². The van der Waals surface area contributed by atoms with Gasteiger partial charge < -0.3 is 9.64 Å². The first kappa shape index (κ1) is 24.5. The van der Waals surface area contributed by atoms with Crippen molar-refractivity contribution < 1.29 is 31.1 Å². The highest BCUT2D eigenvalue weighted by molar-refractivity contribution is 7.88. The number of hydrogen-bond donors (Lipinski definition) is 0. The Labute approximate surface area is 176 Å². The Bertz CT molecular complexity index is 850. The van der Waals surface area contributed by atoms with Crippen LogP contribution in [0.5, 0.6) is 0 Å². The SMILES string of the molecule is CN(CC1CCCN(S(=O)(=O)Cc2cccc(C(F)(F)F)c2)C1)C(=O)OC(C)(C)C. The summed E-state index contributed by atoms with van der Waals surface area (Å²) in [6.07, 6.45) is -3.63. The molecule has 1 fully saturated rings. The highest BCUT2D eigenvalue weighted by atomic mass is 32.2. The Balaban J connectivity index is 2.03. The predicted octanol–water partition coefficient (Wildman–Crippen LogP) is 4.11. The van der Waals surface area contributed by atoms with Crippen LogP contribution in [-0.4, -0.2) is 56.0 Å². The summed E-state index contributed by atoms with van der Waals surface area (Å²) in [4.78, 5) is 13.6. The molecule has 1 atom stereocenters. The van der Waals surface area contributed by atoms with Gasteiger partial charge in [0.15, 0.2) is 0 Å².